The molecule has 0 fully saturated rings. The fourth-order valence-electron chi connectivity index (χ4n) is 5.11. The number of ether oxygens (including phenoxy) is 2. The summed E-state index contributed by atoms with van der Waals surface area (Å²) in [6.07, 6.45) is 5.22. The summed E-state index contributed by atoms with van der Waals surface area (Å²) in [5.74, 6) is -3.28. The Morgan fingerprint density at radius 3 is 2.71 bits per heavy atom. The largest absolute Gasteiger partial charge is 0.487 e. The van der Waals surface area contributed by atoms with Crippen molar-refractivity contribution in [2.45, 2.75) is 96.5 Å². The molecular weight excluding hydrogens is 460 g/mol. The lowest BCUT2D eigenvalue weighted by atomic mass is 9.67. The molecule has 1 aliphatic heterocycles. The van der Waals surface area contributed by atoms with E-state index in [0.29, 0.717) is 24.2 Å². The Balaban J connectivity index is 1.97. The molecule has 0 spiro atoms. The first-order valence-electron chi connectivity index (χ1n) is 12.3. The number of nitrogens with zero attached hydrogens (tertiary/aromatic N) is 1. The third-order valence-corrected chi connectivity index (χ3v) is 6.95. The summed E-state index contributed by atoms with van der Waals surface area (Å²) in [7, 11) is 0. The van der Waals surface area contributed by atoms with Crippen LogP contribution in [0.4, 0.5) is 8.78 Å². The fraction of sp³-hybridized carbons (Fsp3) is 0.654. The van der Waals surface area contributed by atoms with Gasteiger partial charge >= 0.3 is 5.97 Å². The van der Waals surface area contributed by atoms with Crippen molar-refractivity contribution in [3.8, 4) is 11.5 Å². The second kappa shape index (κ2) is 10.9. The number of carbonyl (C=O) groups excluding carboxylic acids is 1. The molecule has 7 nitrogen and oxygen atoms in total. The van der Waals surface area contributed by atoms with Gasteiger partial charge in [-0.25, -0.2) is 8.78 Å². The van der Waals surface area contributed by atoms with Crippen LogP contribution in [0, 0.1) is 16.0 Å². The van der Waals surface area contributed by atoms with E-state index in [1.807, 2.05) is 27.7 Å². The Morgan fingerprint density at radius 1 is 1.29 bits per heavy atom. The summed E-state index contributed by atoms with van der Waals surface area (Å²) in [6, 6.07) is 2.69. The van der Waals surface area contributed by atoms with E-state index in [4.69, 9.17) is 9.47 Å². The summed E-state index contributed by atoms with van der Waals surface area (Å²) >= 11 is 0. The van der Waals surface area contributed by atoms with Crippen LogP contribution in [0.15, 0.2) is 23.8 Å². The quantitative estimate of drug-likeness (QED) is 0.0832. The molecule has 1 heterocycles. The number of alkyl halides is 2. The number of hydrogen-bond acceptors (Lipinski definition) is 6. The van der Waals surface area contributed by atoms with Crippen molar-refractivity contribution in [3.05, 3.63) is 45.0 Å². The molecule has 0 radical (unpaired) electrons. The first kappa shape index (κ1) is 26.9. The van der Waals surface area contributed by atoms with Gasteiger partial charge in [0.05, 0.1) is 6.61 Å². The average Bonchev–Trinajstić information content (AvgIpc) is 2.75. The molecule has 2 aliphatic rings. The highest BCUT2D eigenvalue weighted by molar-refractivity contribution is 5.73. The van der Waals surface area contributed by atoms with Crippen LogP contribution >= 0.6 is 0 Å². The third kappa shape index (κ3) is 6.49. The third-order valence-electron chi connectivity index (χ3n) is 6.95. The van der Waals surface area contributed by atoms with Crippen molar-refractivity contribution in [2.75, 3.05) is 6.61 Å². The van der Waals surface area contributed by atoms with Crippen molar-refractivity contribution in [1.29, 1.82) is 0 Å². The minimum atomic E-state index is -3.10. The van der Waals surface area contributed by atoms with Crippen LogP contribution in [0.25, 0.3) is 0 Å². The monoisotopic (exact) mass is 495 g/mol. The van der Waals surface area contributed by atoms with Gasteiger partial charge in [0.1, 0.15) is 17.1 Å². The van der Waals surface area contributed by atoms with Gasteiger partial charge in [0.25, 0.3) is 11.0 Å². The molecule has 1 aromatic carbocycles. The molecular formula is C26H35F2NO6. The van der Waals surface area contributed by atoms with E-state index in [1.54, 1.807) is 0 Å². The number of unbranched alkanes of at least 4 members (excludes halogenated alkanes) is 2. The number of rotatable bonds is 11. The maximum absolute atomic E-state index is 15.2. The second-order valence-corrected chi connectivity index (χ2v) is 10.1. The molecule has 0 saturated heterocycles. The Labute approximate surface area is 204 Å². The van der Waals surface area contributed by atoms with E-state index in [1.165, 1.54) is 17.7 Å². The normalized spacial score (nSPS) is 20.7. The van der Waals surface area contributed by atoms with Gasteiger partial charge in [-0.15, -0.1) is 10.1 Å². The molecule has 0 saturated carbocycles. The van der Waals surface area contributed by atoms with E-state index in [9.17, 15) is 14.9 Å². The summed E-state index contributed by atoms with van der Waals surface area (Å²) in [5, 5.41) is 9.39. The molecule has 0 N–H and O–H groups in total. The van der Waals surface area contributed by atoms with Crippen molar-refractivity contribution in [3.63, 3.8) is 0 Å². The van der Waals surface area contributed by atoms with Crippen LogP contribution in [0.2, 0.25) is 0 Å². The highest BCUT2D eigenvalue weighted by Gasteiger charge is 2.47. The average molecular weight is 496 g/mol. The van der Waals surface area contributed by atoms with Gasteiger partial charge in [0.2, 0.25) is 0 Å². The molecule has 1 aromatic rings. The summed E-state index contributed by atoms with van der Waals surface area (Å²) < 4.78 is 42.3. The predicted octanol–water partition coefficient (Wildman–Crippen LogP) is 6.86. The zero-order valence-corrected chi connectivity index (χ0v) is 20.9. The van der Waals surface area contributed by atoms with Gasteiger partial charge in [0.15, 0.2) is 0 Å². The molecule has 0 amide bonds. The number of esters is 1. The number of hydrogen-bond donors (Lipinski definition) is 0. The van der Waals surface area contributed by atoms with Crippen molar-refractivity contribution in [1.82, 2.24) is 0 Å². The van der Waals surface area contributed by atoms with Gasteiger partial charge in [-0.2, -0.15) is 0 Å². The Kier molecular flexibility index (Phi) is 8.38. The molecule has 1 aliphatic carbocycles. The molecule has 2 atom stereocenters. The van der Waals surface area contributed by atoms with Crippen LogP contribution in [-0.4, -0.2) is 23.3 Å². The number of fused-ring (bicyclic) bond motifs is 3. The lowest BCUT2D eigenvalue weighted by Crippen LogP contribution is -2.45. The van der Waals surface area contributed by atoms with Crippen LogP contribution < -0.4 is 9.47 Å². The van der Waals surface area contributed by atoms with Crippen molar-refractivity contribution < 1.29 is 33.0 Å². The van der Waals surface area contributed by atoms with Crippen molar-refractivity contribution >= 4 is 5.97 Å². The first-order chi connectivity index (χ1) is 16.4. The van der Waals surface area contributed by atoms with Gasteiger partial charge < -0.3 is 14.3 Å². The zero-order chi connectivity index (χ0) is 25.8. The number of benzene rings is 1. The topological polar surface area (TPSA) is 87.9 Å². The number of carbonyl (C=O) groups is 1. The summed E-state index contributed by atoms with van der Waals surface area (Å²) in [4.78, 5) is 27.1. The molecule has 194 valence electrons. The molecule has 2 unspecified atom stereocenters. The van der Waals surface area contributed by atoms with E-state index < -0.39 is 22.6 Å². The highest BCUT2D eigenvalue weighted by Crippen LogP contribution is 2.55. The first-order valence-corrected chi connectivity index (χ1v) is 12.3. The maximum Gasteiger partial charge on any atom is 0.311 e. The Bertz CT molecular complexity index is 975. The Morgan fingerprint density at radius 2 is 2.03 bits per heavy atom. The van der Waals surface area contributed by atoms with Crippen molar-refractivity contribution in [2.24, 2.45) is 5.92 Å². The van der Waals surface area contributed by atoms with Crippen LogP contribution in [-0.2, 0) is 15.6 Å². The highest BCUT2D eigenvalue weighted by atomic mass is 19.3. The standard InChI is InChI=1S/C26H35F2NO6/c1-5-6-7-12-26(27,28)18-15-21(34-23(30)9-8-13-33-29(31)32)24-19-14-17(2)10-11-20(19)25(3,4)35-22(24)16-18/h10,15-16,19-20H,5-9,11-14H2,1-4H3. The predicted molar refractivity (Wildman–Crippen MR) is 126 cm³/mol. The second-order valence-electron chi connectivity index (χ2n) is 10.1. The maximum atomic E-state index is 15.2. The lowest BCUT2D eigenvalue weighted by Gasteiger charge is -2.47. The fourth-order valence-corrected chi connectivity index (χ4v) is 5.11. The van der Waals surface area contributed by atoms with E-state index in [-0.39, 0.29) is 49.0 Å². The molecule has 0 aromatic heterocycles. The van der Waals surface area contributed by atoms with Gasteiger partial charge in [-0.1, -0.05) is 31.4 Å². The Hall–Kier alpha value is -2.71. The van der Waals surface area contributed by atoms with E-state index in [0.717, 1.165) is 19.3 Å². The number of allylic oxidation sites excluding steroid dienone is 2. The van der Waals surface area contributed by atoms with Gasteiger partial charge in [0, 0.05) is 35.8 Å². The molecule has 35 heavy (non-hydrogen) atoms. The van der Waals surface area contributed by atoms with Crippen LogP contribution in [0.5, 0.6) is 11.5 Å². The lowest BCUT2D eigenvalue weighted by molar-refractivity contribution is -0.757. The van der Waals surface area contributed by atoms with Crippen LogP contribution in [0.1, 0.15) is 96.1 Å². The molecule has 9 heteroatoms. The summed E-state index contributed by atoms with van der Waals surface area (Å²) in [5.41, 5.74) is 1.03. The SMILES string of the molecule is CCCCCC(F)(F)c1cc(OC(=O)CCCO[N+](=O)[O-])c2c(c1)OC(C)(C)C1CC=C(C)CC21. The van der Waals surface area contributed by atoms with Gasteiger partial charge in [-0.05, 0) is 58.6 Å². The molecule has 0 bridgehead atoms. The van der Waals surface area contributed by atoms with Gasteiger partial charge in [-0.3, -0.25) is 4.79 Å². The smallest absolute Gasteiger partial charge is 0.311 e. The minimum Gasteiger partial charge on any atom is -0.487 e. The summed E-state index contributed by atoms with van der Waals surface area (Å²) in [6.45, 7) is 7.68. The van der Waals surface area contributed by atoms with E-state index in [2.05, 4.69) is 10.9 Å². The molecule has 3 rings (SSSR count). The number of halogens is 2. The van der Waals surface area contributed by atoms with E-state index >= 15 is 8.78 Å². The van der Waals surface area contributed by atoms with Crippen LogP contribution in [0.3, 0.4) is 0 Å². The minimum absolute atomic E-state index is 0.0397. The zero-order valence-electron chi connectivity index (χ0n) is 20.9.